The first-order valence-electron chi connectivity index (χ1n) is 7.42. The Labute approximate surface area is 142 Å². The molecule has 0 radical (unpaired) electrons. The number of hydrogen-bond acceptors (Lipinski definition) is 4. The minimum atomic E-state index is -0.383. The number of benzene rings is 3. The number of nitro groups is 1. The topological polar surface area (TPSA) is 56.0 Å². The number of nitrogens with zero attached hydrogens (tertiary/aromatic N) is 2. The molecule has 3 aromatic carbocycles. The molecule has 0 aliphatic heterocycles. The molecular formula is C19H12N2O2S. The van der Waals surface area contributed by atoms with E-state index >= 15 is 0 Å². The second-order valence-electron chi connectivity index (χ2n) is 5.33. The lowest BCUT2D eigenvalue weighted by atomic mass is 10.1. The molecule has 1 heterocycles. The Balaban J connectivity index is 1.88. The summed E-state index contributed by atoms with van der Waals surface area (Å²) in [5, 5.41) is 13.0. The van der Waals surface area contributed by atoms with Crippen molar-refractivity contribution in [2.45, 2.75) is 9.79 Å². The van der Waals surface area contributed by atoms with Crippen LogP contribution in [-0.2, 0) is 0 Å². The number of hydrogen-bond donors (Lipinski definition) is 0. The summed E-state index contributed by atoms with van der Waals surface area (Å²) in [6.07, 6.45) is 0. The number of pyridine rings is 1. The van der Waals surface area contributed by atoms with Gasteiger partial charge in [-0.15, -0.1) is 0 Å². The third kappa shape index (κ3) is 2.59. The summed E-state index contributed by atoms with van der Waals surface area (Å²) in [6.45, 7) is 0. The van der Waals surface area contributed by atoms with E-state index in [1.165, 1.54) is 12.1 Å². The highest BCUT2D eigenvalue weighted by Crippen LogP contribution is 2.38. The van der Waals surface area contributed by atoms with Crippen LogP contribution in [0.15, 0.2) is 82.6 Å². The number of fused-ring (bicyclic) bond motifs is 2. The van der Waals surface area contributed by atoms with Crippen LogP contribution in [0.1, 0.15) is 0 Å². The van der Waals surface area contributed by atoms with Gasteiger partial charge in [0.25, 0.3) is 5.69 Å². The molecule has 4 rings (SSSR count). The second kappa shape index (κ2) is 5.94. The van der Waals surface area contributed by atoms with Crippen molar-refractivity contribution in [3.63, 3.8) is 0 Å². The van der Waals surface area contributed by atoms with Gasteiger partial charge in [-0.2, -0.15) is 0 Å². The lowest BCUT2D eigenvalue weighted by Gasteiger charge is -2.10. The van der Waals surface area contributed by atoms with E-state index in [-0.39, 0.29) is 10.6 Å². The van der Waals surface area contributed by atoms with Crippen molar-refractivity contribution >= 4 is 39.3 Å². The summed E-state index contributed by atoms with van der Waals surface area (Å²) in [7, 11) is 0. The minimum absolute atomic E-state index is 0.101. The fourth-order valence-corrected chi connectivity index (χ4v) is 3.74. The van der Waals surface area contributed by atoms with Crippen molar-refractivity contribution in [3.05, 3.63) is 82.9 Å². The standard InChI is InChI=1S/C19H12N2O2S/c22-21(23)13-9-11-14(12-10-13)24-19-15-5-1-3-7-17(15)20-18-8-4-2-6-16(18)19/h1-12H. The summed E-state index contributed by atoms with van der Waals surface area (Å²) in [5.74, 6) is 0. The van der Waals surface area contributed by atoms with Crippen molar-refractivity contribution in [3.8, 4) is 0 Å². The van der Waals surface area contributed by atoms with E-state index in [1.807, 2.05) is 36.4 Å². The Morgan fingerprint density at radius 2 is 1.33 bits per heavy atom. The largest absolute Gasteiger partial charge is 0.269 e. The van der Waals surface area contributed by atoms with Gasteiger partial charge in [-0.1, -0.05) is 48.2 Å². The molecule has 0 atom stereocenters. The Kier molecular flexibility index (Phi) is 3.63. The summed E-state index contributed by atoms with van der Waals surface area (Å²) in [6, 6.07) is 22.7. The van der Waals surface area contributed by atoms with Crippen LogP contribution in [0.4, 0.5) is 5.69 Å². The fourth-order valence-electron chi connectivity index (χ4n) is 2.66. The maximum Gasteiger partial charge on any atom is 0.269 e. The van der Waals surface area contributed by atoms with Gasteiger partial charge in [0.1, 0.15) is 0 Å². The molecule has 1 aromatic heterocycles. The third-order valence-electron chi connectivity index (χ3n) is 3.81. The van der Waals surface area contributed by atoms with E-state index in [0.29, 0.717) is 0 Å². The van der Waals surface area contributed by atoms with Crippen LogP contribution < -0.4 is 0 Å². The average Bonchev–Trinajstić information content (AvgIpc) is 2.62. The zero-order chi connectivity index (χ0) is 16.5. The highest BCUT2D eigenvalue weighted by Gasteiger charge is 2.11. The summed E-state index contributed by atoms with van der Waals surface area (Å²) >= 11 is 1.60. The van der Waals surface area contributed by atoms with Crippen LogP contribution in [0.3, 0.4) is 0 Å². The molecule has 116 valence electrons. The Bertz CT molecular complexity index is 1010. The average molecular weight is 332 g/mol. The van der Waals surface area contributed by atoms with Crippen LogP contribution in [0, 0.1) is 10.1 Å². The summed E-state index contributed by atoms with van der Waals surface area (Å²) in [4.78, 5) is 17.2. The Hall–Kier alpha value is -2.92. The van der Waals surface area contributed by atoms with E-state index in [1.54, 1.807) is 23.9 Å². The van der Waals surface area contributed by atoms with Gasteiger partial charge in [0.15, 0.2) is 0 Å². The van der Waals surface area contributed by atoms with Crippen LogP contribution in [0.5, 0.6) is 0 Å². The van der Waals surface area contributed by atoms with Crippen molar-refractivity contribution in [2.24, 2.45) is 0 Å². The number of rotatable bonds is 3. The predicted octanol–water partition coefficient (Wildman–Crippen LogP) is 5.45. The van der Waals surface area contributed by atoms with Gasteiger partial charge in [-0.3, -0.25) is 10.1 Å². The second-order valence-corrected chi connectivity index (χ2v) is 6.41. The Morgan fingerprint density at radius 3 is 1.88 bits per heavy atom. The van der Waals surface area contributed by atoms with E-state index < -0.39 is 0 Å². The first kappa shape index (κ1) is 14.7. The van der Waals surface area contributed by atoms with Gasteiger partial charge in [-0.25, -0.2) is 4.98 Å². The van der Waals surface area contributed by atoms with Crippen molar-refractivity contribution in [2.75, 3.05) is 0 Å². The maximum absolute atomic E-state index is 10.8. The maximum atomic E-state index is 10.8. The summed E-state index contributed by atoms with van der Waals surface area (Å²) in [5.41, 5.74) is 1.99. The molecule has 24 heavy (non-hydrogen) atoms. The van der Waals surface area contributed by atoms with E-state index in [9.17, 15) is 10.1 Å². The molecule has 0 bridgehead atoms. The summed E-state index contributed by atoms with van der Waals surface area (Å²) < 4.78 is 0. The van der Waals surface area contributed by atoms with E-state index in [0.717, 1.165) is 31.6 Å². The lowest BCUT2D eigenvalue weighted by molar-refractivity contribution is -0.384. The number of para-hydroxylation sites is 2. The van der Waals surface area contributed by atoms with Gasteiger partial charge in [-0.05, 0) is 24.3 Å². The van der Waals surface area contributed by atoms with Crippen molar-refractivity contribution in [1.29, 1.82) is 0 Å². The van der Waals surface area contributed by atoms with E-state index in [4.69, 9.17) is 4.98 Å². The molecular weight excluding hydrogens is 320 g/mol. The zero-order valence-electron chi connectivity index (χ0n) is 12.5. The molecule has 5 heteroatoms. The first-order chi connectivity index (χ1) is 11.7. The monoisotopic (exact) mass is 332 g/mol. The molecule has 0 fully saturated rings. The smallest absolute Gasteiger partial charge is 0.258 e. The Morgan fingerprint density at radius 1 is 0.792 bits per heavy atom. The molecule has 0 saturated carbocycles. The van der Waals surface area contributed by atoms with Gasteiger partial charge in [0, 0.05) is 32.7 Å². The highest BCUT2D eigenvalue weighted by molar-refractivity contribution is 7.99. The van der Waals surface area contributed by atoms with Gasteiger partial charge >= 0.3 is 0 Å². The molecule has 0 aliphatic carbocycles. The molecule has 0 unspecified atom stereocenters. The molecule has 4 nitrogen and oxygen atoms in total. The van der Waals surface area contributed by atoms with Crippen LogP contribution in [0.2, 0.25) is 0 Å². The first-order valence-corrected chi connectivity index (χ1v) is 8.24. The van der Waals surface area contributed by atoms with Crippen LogP contribution in [0.25, 0.3) is 21.8 Å². The number of nitro benzene ring substituents is 1. The predicted molar refractivity (Wildman–Crippen MR) is 96.5 cm³/mol. The fraction of sp³-hybridized carbons (Fsp3) is 0. The van der Waals surface area contributed by atoms with Gasteiger partial charge in [0.05, 0.1) is 16.0 Å². The SMILES string of the molecule is O=[N+]([O-])c1ccc(Sc2c3ccccc3nc3ccccc23)cc1. The molecule has 0 N–H and O–H groups in total. The van der Waals surface area contributed by atoms with E-state index in [2.05, 4.69) is 12.1 Å². The van der Waals surface area contributed by atoms with Crippen LogP contribution >= 0.6 is 11.8 Å². The third-order valence-corrected chi connectivity index (χ3v) is 4.96. The lowest BCUT2D eigenvalue weighted by Crippen LogP contribution is -1.88. The van der Waals surface area contributed by atoms with Gasteiger partial charge < -0.3 is 0 Å². The molecule has 0 amide bonds. The molecule has 4 aromatic rings. The van der Waals surface area contributed by atoms with Gasteiger partial charge in [0.2, 0.25) is 0 Å². The quantitative estimate of drug-likeness (QED) is 0.284. The van der Waals surface area contributed by atoms with Crippen LogP contribution in [-0.4, -0.2) is 9.91 Å². The number of aromatic nitrogens is 1. The highest BCUT2D eigenvalue weighted by atomic mass is 32.2. The molecule has 0 spiro atoms. The molecule has 0 saturated heterocycles. The normalized spacial score (nSPS) is 11.0. The minimum Gasteiger partial charge on any atom is -0.258 e. The van der Waals surface area contributed by atoms with Crippen molar-refractivity contribution < 1.29 is 4.92 Å². The zero-order valence-corrected chi connectivity index (χ0v) is 13.4. The molecule has 0 aliphatic rings. The van der Waals surface area contributed by atoms with Crippen molar-refractivity contribution in [1.82, 2.24) is 4.98 Å². The number of non-ortho nitro benzene ring substituents is 1.